The molecule has 1 saturated heterocycles. The Labute approximate surface area is 145 Å². The third-order valence-electron chi connectivity index (χ3n) is 4.37. The van der Waals surface area contributed by atoms with E-state index in [0.29, 0.717) is 17.8 Å². The van der Waals surface area contributed by atoms with Crippen LogP contribution in [-0.4, -0.2) is 41.3 Å². The molecule has 5 nitrogen and oxygen atoms in total. The zero-order chi connectivity index (χ0) is 17.3. The summed E-state index contributed by atoms with van der Waals surface area (Å²) in [5, 5.41) is 0.952. The van der Waals surface area contributed by atoms with Crippen LogP contribution in [0.5, 0.6) is 0 Å². The van der Waals surface area contributed by atoms with Crippen LogP contribution in [0.15, 0.2) is 30.3 Å². The van der Waals surface area contributed by atoms with Crippen LogP contribution in [0.1, 0.15) is 33.7 Å². The molecule has 1 fully saturated rings. The Morgan fingerprint density at radius 1 is 1.38 bits per heavy atom. The molecule has 1 aromatic heterocycles. The van der Waals surface area contributed by atoms with Crippen LogP contribution < -0.4 is 4.90 Å². The molecule has 0 saturated carbocycles. The second-order valence-electron chi connectivity index (χ2n) is 5.92. The molecule has 1 atom stereocenters. The topological polar surface area (TPSA) is 53.5 Å². The Bertz CT molecular complexity index is 757. The lowest BCUT2D eigenvalue weighted by atomic mass is 10.2. The summed E-state index contributed by atoms with van der Waals surface area (Å²) in [6.07, 6.45) is 1.46. The van der Waals surface area contributed by atoms with Gasteiger partial charge in [-0.25, -0.2) is 4.98 Å². The molecule has 6 heteroatoms. The van der Waals surface area contributed by atoms with Gasteiger partial charge in [0.05, 0.1) is 10.7 Å². The highest BCUT2D eigenvalue weighted by molar-refractivity contribution is 7.13. The van der Waals surface area contributed by atoms with E-state index in [1.54, 1.807) is 16.8 Å². The van der Waals surface area contributed by atoms with Crippen LogP contribution in [0.25, 0.3) is 0 Å². The molecule has 0 radical (unpaired) electrons. The Morgan fingerprint density at radius 3 is 2.71 bits per heavy atom. The number of hydrogen-bond donors (Lipinski definition) is 0. The maximum Gasteiger partial charge on any atom is 0.266 e. The summed E-state index contributed by atoms with van der Waals surface area (Å²) in [6, 6.07) is 9.18. The number of anilines is 1. The number of aryl methyl sites for hydroxylation is 2. The number of carbonyl (C=O) groups excluding carboxylic acids is 2. The van der Waals surface area contributed by atoms with Crippen molar-refractivity contribution in [2.45, 2.75) is 32.7 Å². The maximum atomic E-state index is 12.8. The van der Waals surface area contributed by atoms with Gasteiger partial charge in [0.1, 0.15) is 10.9 Å². The fourth-order valence-corrected chi connectivity index (χ4v) is 3.98. The number of thiazole rings is 1. The van der Waals surface area contributed by atoms with Gasteiger partial charge < -0.3 is 9.80 Å². The lowest BCUT2D eigenvalue weighted by Crippen LogP contribution is -2.42. The smallest absolute Gasteiger partial charge is 0.266 e. The molecule has 24 heavy (non-hydrogen) atoms. The normalized spacial score (nSPS) is 17.4. The molecule has 126 valence electrons. The number of aromatic nitrogens is 1. The molecule has 0 unspecified atom stereocenters. The largest absolute Gasteiger partial charge is 0.329 e. The second kappa shape index (κ2) is 6.73. The van der Waals surface area contributed by atoms with E-state index < -0.39 is 6.04 Å². The highest BCUT2D eigenvalue weighted by Gasteiger charge is 2.38. The molecule has 0 spiro atoms. The van der Waals surface area contributed by atoms with E-state index >= 15 is 0 Å². The molecule has 0 N–H and O–H groups in total. The number of amides is 2. The van der Waals surface area contributed by atoms with Gasteiger partial charge in [-0.3, -0.25) is 9.59 Å². The van der Waals surface area contributed by atoms with Crippen molar-refractivity contribution in [3.63, 3.8) is 0 Å². The first-order chi connectivity index (χ1) is 11.5. The minimum Gasteiger partial charge on any atom is -0.329 e. The van der Waals surface area contributed by atoms with Crippen molar-refractivity contribution < 1.29 is 9.59 Å². The van der Waals surface area contributed by atoms with E-state index in [1.165, 1.54) is 11.3 Å². The van der Waals surface area contributed by atoms with Crippen LogP contribution in [0, 0.1) is 6.92 Å². The van der Waals surface area contributed by atoms with Crippen molar-refractivity contribution in [2.24, 2.45) is 0 Å². The van der Waals surface area contributed by atoms with Crippen LogP contribution in [0.2, 0.25) is 0 Å². The molecule has 3 rings (SSSR count). The zero-order valence-corrected chi connectivity index (χ0v) is 15.0. The van der Waals surface area contributed by atoms with E-state index in [1.807, 2.05) is 44.2 Å². The van der Waals surface area contributed by atoms with Gasteiger partial charge >= 0.3 is 0 Å². The van der Waals surface area contributed by atoms with Gasteiger partial charge in [0.15, 0.2) is 0 Å². The Morgan fingerprint density at radius 2 is 2.08 bits per heavy atom. The van der Waals surface area contributed by atoms with Crippen molar-refractivity contribution in [1.82, 2.24) is 9.88 Å². The fourth-order valence-electron chi connectivity index (χ4n) is 2.99. The summed E-state index contributed by atoms with van der Waals surface area (Å²) in [5.74, 6) is -0.132. The SMILES string of the molecule is CCc1nc(C)c(C(=O)N(C)[C@H]2CCN(c3ccccc3)C2=O)s1. The van der Waals surface area contributed by atoms with Gasteiger partial charge in [0.25, 0.3) is 5.91 Å². The van der Waals surface area contributed by atoms with Crippen LogP contribution >= 0.6 is 11.3 Å². The van der Waals surface area contributed by atoms with Gasteiger partial charge in [-0.05, 0) is 31.9 Å². The first kappa shape index (κ1) is 16.6. The summed E-state index contributed by atoms with van der Waals surface area (Å²) in [6.45, 7) is 4.50. The van der Waals surface area contributed by atoms with Gasteiger partial charge in [0.2, 0.25) is 5.91 Å². The lowest BCUT2D eigenvalue weighted by molar-refractivity contribution is -0.120. The summed E-state index contributed by atoms with van der Waals surface area (Å²) in [7, 11) is 1.71. The number of para-hydroxylation sites is 1. The Kier molecular flexibility index (Phi) is 4.66. The third kappa shape index (κ3) is 2.94. The van der Waals surface area contributed by atoms with E-state index in [9.17, 15) is 9.59 Å². The molecule has 1 aliphatic rings. The summed E-state index contributed by atoms with van der Waals surface area (Å²) < 4.78 is 0. The average Bonchev–Trinajstić information content (AvgIpc) is 3.17. The first-order valence-corrected chi connectivity index (χ1v) is 8.94. The molecular formula is C18H21N3O2S. The number of nitrogens with zero attached hydrogens (tertiary/aromatic N) is 3. The molecule has 0 aliphatic carbocycles. The molecule has 1 aliphatic heterocycles. The molecular weight excluding hydrogens is 322 g/mol. The Hall–Kier alpha value is -2.21. The number of benzene rings is 1. The average molecular weight is 343 g/mol. The zero-order valence-electron chi connectivity index (χ0n) is 14.2. The van der Waals surface area contributed by atoms with Crippen LogP contribution in [0.3, 0.4) is 0 Å². The van der Waals surface area contributed by atoms with Gasteiger partial charge in [-0.2, -0.15) is 0 Å². The van der Waals surface area contributed by atoms with Crippen molar-refractivity contribution in [3.05, 3.63) is 45.9 Å². The minimum absolute atomic E-state index is 0.0186. The predicted octanol–water partition coefficient (Wildman–Crippen LogP) is 2.89. The highest BCUT2D eigenvalue weighted by Crippen LogP contribution is 2.26. The van der Waals surface area contributed by atoms with Crippen molar-refractivity contribution in [3.8, 4) is 0 Å². The number of hydrogen-bond acceptors (Lipinski definition) is 4. The van der Waals surface area contributed by atoms with E-state index in [4.69, 9.17) is 0 Å². The first-order valence-electron chi connectivity index (χ1n) is 8.12. The van der Waals surface area contributed by atoms with Crippen molar-refractivity contribution in [2.75, 3.05) is 18.5 Å². The quantitative estimate of drug-likeness (QED) is 0.858. The van der Waals surface area contributed by atoms with E-state index in [2.05, 4.69) is 4.98 Å². The molecule has 1 aromatic carbocycles. The highest BCUT2D eigenvalue weighted by atomic mass is 32.1. The standard InChI is InChI=1S/C18H21N3O2S/c1-4-15-19-12(2)16(24-15)18(23)20(3)14-10-11-21(17(14)22)13-8-6-5-7-9-13/h5-9,14H,4,10-11H2,1-3H3/t14-/m0/s1. The van der Waals surface area contributed by atoms with Crippen molar-refractivity contribution in [1.29, 1.82) is 0 Å². The van der Waals surface area contributed by atoms with Gasteiger partial charge in [0, 0.05) is 19.3 Å². The number of rotatable bonds is 4. The number of carbonyl (C=O) groups is 2. The van der Waals surface area contributed by atoms with Crippen LogP contribution in [0.4, 0.5) is 5.69 Å². The Balaban J connectivity index is 1.78. The molecule has 2 heterocycles. The molecule has 2 aromatic rings. The predicted molar refractivity (Wildman–Crippen MR) is 95.5 cm³/mol. The number of likely N-dealkylation sites (N-methyl/N-ethyl adjacent to an activating group) is 1. The molecule has 0 bridgehead atoms. The monoisotopic (exact) mass is 343 g/mol. The molecule has 2 amide bonds. The maximum absolute atomic E-state index is 12.8. The van der Waals surface area contributed by atoms with Gasteiger partial charge in [-0.1, -0.05) is 25.1 Å². The van der Waals surface area contributed by atoms with E-state index in [0.717, 1.165) is 22.8 Å². The summed E-state index contributed by atoms with van der Waals surface area (Å²) >= 11 is 1.43. The summed E-state index contributed by atoms with van der Waals surface area (Å²) in [5.41, 5.74) is 1.63. The minimum atomic E-state index is -0.413. The van der Waals surface area contributed by atoms with Gasteiger partial charge in [-0.15, -0.1) is 11.3 Å². The summed E-state index contributed by atoms with van der Waals surface area (Å²) in [4.78, 5) is 33.9. The third-order valence-corrected chi connectivity index (χ3v) is 5.66. The fraction of sp³-hybridized carbons (Fsp3) is 0.389. The second-order valence-corrected chi connectivity index (χ2v) is 7.01. The van der Waals surface area contributed by atoms with Crippen LogP contribution in [-0.2, 0) is 11.2 Å². The van der Waals surface area contributed by atoms with E-state index in [-0.39, 0.29) is 11.8 Å². The van der Waals surface area contributed by atoms with Crippen molar-refractivity contribution >= 4 is 28.8 Å². The lowest BCUT2D eigenvalue weighted by Gasteiger charge is -2.23.